The number of nitro groups is 1. The van der Waals surface area contributed by atoms with Gasteiger partial charge in [0.25, 0.3) is 5.69 Å². The van der Waals surface area contributed by atoms with E-state index in [4.69, 9.17) is 11.6 Å². The summed E-state index contributed by atoms with van der Waals surface area (Å²) in [7, 11) is 0. The van der Waals surface area contributed by atoms with Crippen LogP contribution in [0.1, 0.15) is 15.9 Å². The standard InChI is InChI=1S/C15H8ClNO3S/c16-10-4-5-13-12(8-10)15(18)14(21-13)7-9-2-1-3-11(6-9)17(19)20/h1-8H/b14-7+. The van der Waals surface area contributed by atoms with Crippen LogP contribution < -0.4 is 0 Å². The molecule has 0 saturated heterocycles. The van der Waals surface area contributed by atoms with Gasteiger partial charge in [-0.1, -0.05) is 35.5 Å². The normalized spacial score (nSPS) is 15.3. The average Bonchev–Trinajstić information content (AvgIpc) is 2.76. The highest BCUT2D eigenvalue weighted by atomic mass is 35.5. The van der Waals surface area contributed by atoms with Crippen molar-refractivity contribution in [1.29, 1.82) is 0 Å². The number of hydrogen-bond acceptors (Lipinski definition) is 4. The summed E-state index contributed by atoms with van der Waals surface area (Å²) in [5, 5.41) is 11.3. The lowest BCUT2D eigenvalue weighted by Crippen LogP contribution is -1.94. The molecule has 0 radical (unpaired) electrons. The van der Waals surface area contributed by atoms with Crippen LogP contribution in [0.2, 0.25) is 5.02 Å². The maximum absolute atomic E-state index is 12.3. The molecule has 104 valence electrons. The number of allylic oxidation sites excluding steroid dienone is 1. The number of carbonyl (C=O) groups excluding carboxylic acids is 1. The highest BCUT2D eigenvalue weighted by Crippen LogP contribution is 2.41. The van der Waals surface area contributed by atoms with Gasteiger partial charge in [-0.05, 0) is 29.8 Å². The predicted octanol–water partition coefficient (Wildman–Crippen LogP) is 4.58. The van der Waals surface area contributed by atoms with Crippen LogP contribution in [0.4, 0.5) is 5.69 Å². The number of ketones is 1. The minimum absolute atomic E-state index is 0.000328. The Bertz CT molecular complexity index is 801. The molecule has 2 aromatic rings. The van der Waals surface area contributed by atoms with Gasteiger partial charge >= 0.3 is 0 Å². The van der Waals surface area contributed by atoms with Crippen molar-refractivity contribution < 1.29 is 9.72 Å². The maximum atomic E-state index is 12.3. The van der Waals surface area contributed by atoms with Crippen molar-refractivity contribution in [2.75, 3.05) is 0 Å². The minimum atomic E-state index is -0.458. The van der Waals surface area contributed by atoms with Crippen LogP contribution in [0.25, 0.3) is 6.08 Å². The first-order valence-corrected chi connectivity index (χ1v) is 7.22. The van der Waals surface area contributed by atoms with Gasteiger partial charge in [-0.2, -0.15) is 0 Å². The summed E-state index contributed by atoms with van der Waals surface area (Å²) in [5.74, 6) is -0.107. The second-order valence-electron chi connectivity index (χ2n) is 4.43. The van der Waals surface area contributed by atoms with E-state index in [2.05, 4.69) is 0 Å². The van der Waals surface area contributed by atoms with Crippen LogP contribution in [0, 0.1) is 10.1 Å². The second kappa shape index (κ2) is 5.35. The number of non-ortho nitro benzene ring substituents is 1. The van der Waals surface area contributed by atoms with E-state index in [0.717, 1.165) is 4.90 Å². The molecule has 0 atom stereocenters. The van der Waals surface area contributed by atoms with E-state index in [1.807, 2.05) is 0 Å². The van der Waals surface area contributed by atoms with E-state index in [1.54, 1.807) is 36.4 Å². The summed E-state index contributed by atoms with van der Waals surface area (Å²) >= 11 is 7.24. The number of nitrogens with zero attached hydrogens (tertiary/aromatic N) is 1. The quantitative estimate of drug-likeness (QED) is 0.462. The Kier molecular flexibility index (Phi) is 3.53. The van der Waals surface area contributed by atoms with Crippen molar-refractivity contribution in [3.8, 4) is 0 Å². The van der Waals surface area contributed by atoms with E-state index < -0.39 is 4.92 Å². The molecular formula is C15H8ClNO3S. The number of hydrogen-bond donors (Lipinski definition) is 0. The van der Waals surface area contributed by atoms with Gasteiger partial charge in [-0.25, -0.2) is 0 Å². The van der Waals surface area contributed by atoms with Crippen LogP contribution in [-0.2, 0) is 0 Å². The Morgan fingerprint density at radius 2 is 2.00 bits per heavy atom. The molecule has 2 aromatic carbocycles. The highest BCUT2D eigenvalue weighted by Gasteiger charge is 2.26. The maximum Gasteiger partial charge on any atom is 0.270 e. The van der Waals surface area contributed by atoms with Crippen molar-refractivity contribution >= 4 is 40.9 Å². The monoisotopic (exact) mass is 317 g/mol. The lowest BCUT2D eigenvalue weighted by atomic mass is 10.1. The molecule has 0 spiro atoms. The third-order valence-electron chi connectivity index (χ3n) is 3.01. The lowest BCUT2D eigenvalue weighted by Gasteiger charge is -1.96. The molecule has 0 amide bonds. The number of nitro benzene ring substituents is 1. The van der Waals surface area contributed by atoms with Crippen molar-refractivity contribution in [2.45, 2.75) is 4.90 Å². The number of thioether (sulfide) groups is 1. The van der Waals surface area contributed by atoms with E-state index in [9.17, 15) is 14.9 Å². The molecule has 0 bridgehead atoms. The van der Waals surface area contributed by atoms with Crippen LogP contribution in [0.5, 0.6) is 0 Å². The van der Waals surface area contributed by atoms with Crippen molar-refractivity contribution in [1.82, 2.24) is 0 Å². The summed E-state index contributed by atoms with van der Waals surface area (Å²) in [6.45, 7) is 0. The highest BCUT2D eigenvalue weighted by molar-refractivity contribution is 8.04. The van der Waals surface area contributed by atoms with Gasteiger partial charge < -0.3 is 0 Å². The van der Waals surface area contributed by atoms with Gasteiger partial charge in [0.15, 0.2) is 0 Å². The van der Waals surface area contributed by atoms with Gasteiger partial charge in [0.1, 0.15) is 0 Å². The zero-order valence-corrected chi connectivity index (χ0v) is 12.1. The van der Waals surface area contributed by atoms with Crippen LogP contribution in [0.15, 0.2) is 52.3 Å². The SMILES string of the molecule is O=C1/C(=C\c2cccc([N+](=O)[O-])c2)Sc2ccc(Cl)cc21. The van der Waals surface area contributed by atoms with Gasteiger partial charge in [0, 0.05) is 27.6 Å². The van der Waals surface area contributed by atoms with E-state index in [1.165, 1.54) is 23.9 Å². The number of rotatable bonds is 2. The Hall–Kier alpha value is -2.11. The van der Waals surface area contributed by atoms with Crippen LogP contribution in [-0.4, -0.2) is 10.7 Å². The molecule has 4 nitrogen and oxygen atoms in total. The Morgan fingerprint density at radius 3 is 2.76 bits per heavy atom. The van der Waals surface area contributed by atoms with Gasteiger partial charge in [-0.3, -0.25) is 14.9 Å². The fourth-order valence-corrected chi connectivity index (χ4v) is 3.25. The molecule has 6 heteroatoms. The number of Topliss-reactive ketones (excluding diaryl/α,β-unsaturated/α-hetero) is 1. The molecule has 0 unspecified atom stereocenters. The van der Waals surface area contributed by atoms with Crippen molar-refractivity contribution in [3.63, 3.8) is 0 Å². The molecule has 21 heavy (non-hydrogen) atoms. The molecule has 0 aromatic heterocycles. The fraction of sp³-hybridized carbons (Fsp3) is 0. The molecule has 0 N–H and O–H groups in total. The number of halogens is 1. The molecule has 1 aliphatic heterocycles. The van der Waals surface area contributed by atoms with Gasteiger partial charge in [0.2, 0.25) is 5.78 Å². The second-order valence-corrected chi connectivity index (χ2v) is 5.95. The minimum Gasteiger partial charge on any atom is -0.288 e. The van der Waals surface area contributed by atoms with Gasteiger partial charge in [0.05, 0.1) is 9.83 Å². The number of fused-ring (bicyclic) bond motifs is 1. The van der Waals surface area contributed by atoms with Crippen LogP contribution in [0.3, 0.4) is 0 Å². The summed E-state index contributed by atoms with van der Waals surface area (Å²) in [4.78, 5) is 24.0. The first-order valence-electron chi connectivity index (χ1n) is 6.03. The first kappa shape index (κ1) is 13.9. The average molecular weight is 318 g/mol. The molecule has 0 aliphatic carbocycles. The molecule has 0 saturated carbocycles. The molecule has 1 heterocycles. The Morgan fingerprint density at radius 1 is 1.19 bits per heavy atom. The molecular weight excluding hydrogens is 310 g/mol. The lowest BCUT2D eigenvalue weighted by molar-refractivity contribution is -0.384. The number of carbonyl (C=O) groups is 1. The van der Waals surface area contributed by atoms with Crippen LogP contribution >= 0.6 is 23.4 Å². The van der Waals surface area contributed by atoms with E-state index in [-0.39, 0.29) is 11.5 Å². The van der Waals surface area contributed by atoms with Crippen molar-refractivity contribution in [3.05, 3.63) is 73.6 Å². The summed E-state index contributed by atoms with van der Waals surface area (Å²) < 4.78 is 0. The largest absolute Gasteiger partial charge is 0.288 e. The summed E-state index contributed by atoms with van der Waals surface area (Å²) in [6.07, 6.45) is 1.66. The molecule has 1 aliphatic rings. The number of benzene rings is 2. The zero-order chi connectivity index (χ0) is 15.0. The fourth-order valence-electron chi connectivity index (χ4n) is 2.04. The third kappa shape index (κ3) is 2.70. The summed E-state index contributed by atoms with van der Waals surface area (Å²) in [5.41, 5.74) is 1.20. The smallest absolute Gasteiger partial charge is 0.270 e. The summed E-state index contributed by atoms with van der Waals surface area (Å²) in [6, 6.07) is 11.4. The topological polar surface area (TPSA) is 60.2 Å². The first-order chi connectivity index (χ1) is 10.0. The van der Waals surface area contributed by atoms with E-state index in [0.29, 0.717) is 21.1 Å². The van der Waals surface area contributed by atoms with Gasteiger partial charge in [-0.15, -0.1) is 0 Å². The molecule has 3 rings (SSSR count). The molecule has 0 fully saturated rings. The van der Waals surface area contributed by atoms with Crippen molar-refractivity contribution in [2.24, 2.45) is 0 Å². The zero-order valence-electron chi connectivity index (χ0n) is 10.6. The Labute approximate surface area is 129 Å². The van der Waals surface area contributed by atoms with E-state index >= 15 is 0 Å². The predicted molar refractivity (Wildman–Crippen MR) is 82.7 cm³/mol. The third-order valence-corrected chi connectivity index (χ3v) is 4.34. The Balaban J connectivity index is 1.98.